The molecular weight excluding hydrogens is 403 g/mol. The highest BCUT2D eigenvalue weighted by atomic mass is 19.3. The van der Waals surface area contributed by atoms with Crippen molar-refractivity contribution in [2.45, 2.75) is 45.4 Å². The molecule has 1 aromatic carbocycles. The molecule has 0 spiro atoms. The predicted molar refractivity (Wildman–Crippen MR) is 102 cm³/mol. The van der Waals surface area contributed by atoms with Gasteiger partial charge in [-0.2, -0.15) is 8.78 Å². The molecule has 2 heterocycles. The fourth-order valence-electron chi connectivity index (χ4n) is 3.08. The number of alkyl halides is 2. The normalized spacial score (nSPS) is 16.8. The first-order chi connectivity index (χ1) is 14.0. The Hall–Kier alpha value is -3.04. The molecule has 3 rings (SSSR count). The Morgan fingerprint density at radius 1 is 1.27 bits per heavy atom. The number of carbonyl (C=O) groups is 2. The molecule has 1 saturated heterocycles. The number of ether oxygens (including phenoxy) is 2. The van der Waals surface area contributed by atoms with Crippen LogP contribution in [0, 0.1) is 5.82 Å². The first-order valence-corrected chi connectivity index (χ1v) is 9.35. The van der Waals surface area contributed by atoms with Gasteiger partial charge in [-0.25, -0.2) is 9.18 Å². The molecule has 0 bridgehead atoms. The van der Waals surface area contributed by atoms with E-state index in [0.717, 1.165) is 12.1 Å². The minimum Gasteiger partial charge on any atom is -0.444 e. The van der Waals surface area contributed by atoms with Crippen molar-refractivity contribution >= 4 is 22.9 Å². The van der Waals surface area contributed by atoms with Gasteiger partial charge in [-0.05, 0) is 39.3 Å². The standard InChI is InChI=1S/C20H22F3N3O4/c1-20(2,3)30-19(28)26-5-4-13(10-26)25-17(27)12-6-11-7-14(21)16(29-18(22)23)8-15(11)24-9-12/h6-9,13,18H,4-5,10H2,1-3H3,(H,25,27). The first kappa shape index (κ1) is 21.7. The number of halogens is 3. The van der Waals surface area contributed by atoms with E-state index in [4.69, 9.17) is 4.74 Å². The summed E-state index contributed by atoms with van der Waals surface area (Å²) in [5, 5.41) is 3.08. The summed E-state index contributed by atoms with van der Waals surface area (Å²) in [6.45, 7) is 2.93. The summed E-state index contributed by atoms with van der Waals surface area (Å²) in [5.41, 5.74) is -0.217. The SMILES string of the molecule is CC(C)(C)OC(=O)N1CCC(NC(=O)c2cnc3cc(OC(F)F)c(F)cc3c2)C1. The smallest absolute Gasteiger partial charge is 0.410 e. The van der Waals surface area contributed by atoms with E-state index in [1.807, 2.05) is 0 Å². The van der Waals surface area contributed by atoms with Crippen LogP contribution in [0.1, 0.15) is 37.6 Å². The Kier molecular flexibility index (Phi) is 6.04. The Morgan fingerprint density at radius 3 is 2.67 bits per heavy atom. The van der Waals surface area contributed by atoms with Gasteiger partial charge in [-0.1, -0.05) is 0 Å². The molecule has 10 heteroatoms. The van der Waals surface area contributed by atoms with E-state index in [2.05, 4.69) is 15.0 Å². The van der Waals surface area contributed by atoms with Crippen LogP contribution in [0.4, 0.5) is 18.0 Å². The second-order valence-corrected chi connectivity index (χ2v) is 7.96. The fourth-order valence-corrected chi connectivity index (χ4v) is 3.08. The molecule has 2 amide bonds. The molecule has 1 atom stereocenters. The van der Waals surface area contributed by atoms with Crippen LogP contribution < -0.4 is 10.1 Å². The topological polar surface area (TPSA) is 80.8 Å². The fraction of sp³-hybridized carbons (Fsp3) is 0.450. The number of rotatable bonds is 4. The Balaban J connectivity index is 1.66. The van der Waals surface area contributed by atoms with Gasteiger partial charge < -0.3 is 19.7 Å². The number of fused-ring (bicyclic) bond motifs is 1. The zero-order valence-electron chi connectivity index (χ0n) is 16.7. The Bertz CT molecular complexity index is 962. The maximum atomic E-state index is 13.9. The third kappa shape index (κ3) is 5.31. The third-order valence-electron chi connectivity index (χ3n) is 4.39. The lowest BCUT2D eigenvalue weighted by atomic mass is 10.1. The highest BCUT2D eigenvalue weighted by molar-refractivity contribution is 5.97. The van der Waals surface area contributed by atoms with Crippen LogP contribution in [-0.2, 0) is 4.74 Å². The Morgan fingerprint density at radius 2 is 2.00 bits per heavy atom. The van der Waals surface area contributed by atoms with Crippen molar-refractivity contribution in [3.05, 3.63) is 35.8 Å². The van der Waals surface area contributed by atoms with Crippen molar-refractivity contribution in [1.29, 1.82) is 0 Å². The zero-order chi connectivity index (χ0) is 22.1. The average molecular weight is 425 g/mol. The second kappa shape index (κ2) is 8.37. The van der Waals surface area contributed by atoms with Crippen LogP contribution in [0.5, 0.6) is 5.75 Å². The Labute approximate surface area is 171 Å². The van der Waals surface area contributed by atoms with E-state index in [1.165, 1.54) is 17.2 Å². The van der Waals surface area contributed by atoms with Gasteiger partial charge in [-0.3, -0.25) is 9.78 Å². The molecule has 30 heavy (non-hydrogen) atoms. The monoisotopic (exact) mass is 425 g/mol. The third-order valence-corrected chi connectivity index (χ3v) is 4.39. The summed E-state index contributed by atoms with van der Waals surface area (Å²) >= 11 is 0. The van der Waals surface area contributed by atoms with Crippen molar-refractivity contribution in [3.8, 4) is 5.75 Å². The van der Waals surface area contributed by atoms with Crippen molar-refractivity contribution in [3.63, 3.8) is 0 Å². The number of aromatic nitrogens is 1. The van der Waals surface area contributed by atoms with Crippen LogP contribution in [0.25, 0.3) is 10.9 Å². The molecule has 0 radical (unpaired) electrons. The van der Waals surface area contributed by atoms with E-state index >= 15 is 0 Å². The lowest BCUT2D eigenvalue weighted by Crippen LogP contribution is -2.40. The molecule has 0 aliphatic carbocycles. The molecule has 7 nitrogen and oxygen atoms in total. The maximum absolute atomic E-state index is 13.9. The summed E-state index contributed by atoms with van der Waals surface area (Å²) in [6.07, 6.45) is 1.39. The number of nitrogens with one attached hydrogen (secondary N) is 1. The summed E-state index contributed by atoms with van der Waals surface area (Å²) in [6, 6.07) is 3.18. The van der Waals surface area contributed by atoms with Crippen LogP contribution in [-0.4, -0.2) is 53.2 Å². The molecule has 162 valence electrons. The van der Waals surface area contributed by atoms with Gasteiger partial charge in [0.1, 0.15) is 5.60 Å². The number of nitrogens with zero attached hydrogens (tertiary/aromatic N) is 2. The van der Waals surface area contributed by atoms with Crippen LogP contribution in [0.15, 0.2) is 24.4 Å². The van der Waals surface area contributed by atoms with Gasteiger partial charge in [0.25, 0.3) is 5.91 Å². The maximum Gasteiger partial charge on any atom is 0.410 e. The van der Waals surface area contributed by atoms with E-state index in [0.29, 0.717) is 19.5 Å². The summed E-state index contributed by atoms with van der Waals surface area (Å²) in [7, 11) is 0. The molecule has 1 aliphatic heterocycles. The number of carbonyl (C=O) groups excluding carboxylic acids is 2. The highest BCUT2D eigenvalue weighted by Crippen LogP contribution is 2.25. The van der Waals surface area contributed by atoms with E-state index in [-0.39, 0.29) is 22.5 Å². The zero-order valence-corrected chi connectivity index (χ0v) is 16.7. The molecule has 1 N–H and O–H groups in total. The number of benzene rings is 1. The van der Waals surface area contributed by atoms with Gasteiger partial charge >= 0.3 is 12.7 Å². The largest absolute Gasteiger partial charge is 0.444 e. The first-order valence-electron chi connectivity index (χ1n) is 9.35. The minimum absolute atomic E-state index is 0.181. The number of amides is 2. The lowest BCUT2D eigenvalue weighted by Gasteiger charge is -2.24. The molecule has 1 unspecified atom stereocenters. The molecule has 1 aliphatic rings. The molecule has 1 aromatic heterocycles. The lowest BCUT2D eigenvalue weighted by molar-refractivity contribution is -0.0521. The van der Waals surface area contributed by atoms with Crippen molar-refractivity contribution in [1.82, 2.24) is 15.2 Å². The summed E-state index contributed by atoms with van der Waals surface area (Å²) in [4.78, 5) is 30.2. The van der Waals surface area contributed by atoms with Gasteiger partial charge in [0.2, 0.25) is 0 Å². The molecule has 0 saturated carbocycles. The summed E-state index contributed by atoms with van der Waals surface area (Å²) < 4.78 is 48.0. The molecule has 2 aromatic rings. The van der Waals surface area contributed by atoms with Crippen LogP contribution in [0.3, 0.4) is 0 Å². The molecule has 1 fully saturated rings. The minimum atomic E-state index is -3.16. The second-order valence-electron chi connectivity index (χ2n) is 7.96. The van der Waals surface area contributed by atoms with Gasteiger partial charge in [0.15, 0.2) is 11.6 Å². The highest BCUT2D eigenvalue weighted by Gasteiger charge is 2.30. The predicted octanol–water partition coefficient (Wildman–Crippen LogP) is 3.71. The van der Waals surface area contributed by atoms with E-state index in [1.54, 1.807) is 20.8 Å². The van der Waals surface area contributed by atoms with Crippen molar-refractivity contribution in [2.24, 2.45) is 0 Å². The quantitative estimate of drug-likeness (QED) is 0.808. The van der Waals surface area contributed by atoms with E-state index in [9.17, 15) is 22.8 Å². The number of hydrogen-bond donors (Lipinski definition) is 1. The number of likely N-dealkylation sites (tertiary alicyclic amines) is 1. The van der Waals surface area contributed by atoms with Crippen molar-refractivity contribution < 1.29 is 32.2 Å². The summed E-state index contributed by atoms with van der Waals surface area (Å²) in [5.74, 6) is -2.03. The van der Waals surface area contributed by atoms with Crippen LogP contribution in [0.2, 0.25) is 0 Å². The number of pyridine rings is 1. The van der Waals surface area contributed by atoms with Gasteiger partial charge in [0, 0.05) is 36.8 Å². The van der Waals surface area contributed by atoms with Crippen LogP contribution >= 0.6 is 0 Å². The molecular formula is C20H22F3N3O4. The van der Waals surface area contributed by atoms with Gasteiger partial charge in [0.05, 0.1) is 11.1 Å². The average Bonchev–Trinajstić information content (AvgIpc) is 3.09. The number of hydrogen-bond acceptors (Lipinski definition) is 5. The van der Waals surface area contributed by atoms with Gasteiger partial charge in [-0.15, -0.1) is 0 Å². The van der Waals surface area contributed by atoms with E-state index < -0.39 is 35.8 Å². The van der Waals surface area contributed by atoms with Crippen molar-refractivity contribution in [2.75, 3.05) is 13.1 Å².